The molecule has 2 aromatic heterocycles. The third-order valence-corrected chi connectivity index (χ3v) is 2.47. The fourth-order valence-corrected chi connectivity index (χ4v) is 1.67. The summed E-state index contributed by atoms with van der Waals surface area (Å²) in [5.74, 6) is 1.73. The van der Waals surface area contributed by atoms with Crippen molar-refractivity contribution in [1.29, 1.82) is 0 Å². The van der Waals surface area contributed by atoms with Crippen molar-refractivity contribution in [2.45, 2.75) is 19.0 Å². The van der Waals surface area contributed by atoms with E-state index >= 15 is 0 Å². The fraction of sp³-hybridized carbons (Fsp3) is 0.333. The lowest BCUT2D eigenvalue weighted by Gasteiger charge is -2.00. The average Bonchev–Trinajstić information content (AvgIpc) is 2.57. The van der Waals surface area contributed by atoms with Crippen LogP contribution in [0.5, 0.6) is 0 Å². The Kier molecular flexibility index (Phi) is 2.78. The number of aromatic nitrogens is 4. The van der Waals surface area contributed by atoms with Crippen LogP contribution in [0.15, 0.2) is 9.57 Å². The normalized spacial score (nSPS) is 10.7. The molecule has 0 radical (unpaired) electrons. The molecule has 0 aliphatic heterocycles. The molecule has 2 aromatic rings. The van der Waals surface area contributed by atoms with Gasteiger partial charge in [-0.15, -0.1) is 0 Å². The quantitative estimate of drug-likeness (QED) is 0.790. The number of nitrogen functional groups attached to an aromatic ring is 1. The zero-order chi connectivity index (χ0) is 11.7. The summed E-state index contributed by atoms with van der Waals surface area (Å²) >= 11 is 1.40. The predicted octanol–water partition coefficient (Wildman–Crippen LogP) is 1.45. The first-order chi connectivity index (χ1) is 7.60. The Balaban J connectivity index is 2.55. The van der Waals surface area contributed by atoms with Crippen LogP contribution in [-0.4, -0.2) is 26.2 Å². The third kappa shape index (κ3) is 1.99. The SMILES string of the molecule is CSc1nc(N)nc(-c2oc(C)nc2C)n1. The summed E-state index contributed by atoms with van der Waals surface area (Å²) in [6.07, 6.45) is 1.87. The van der Waals surface area contributed by atoms with Gasteiger partial charge in [-0.1, -0.05) is 11.8 Å². The van der Waals surface area contributed by atoms with Crippen LogP contribution in [0.3, 0.4) is 0 Å². The zero-order valence-corrected chi connectivity index (χ0v) is 10.00. The molecule has 0 bridgehead atoms. The highest BCUT2D eigenvalue weighted by Gasteiger charge is 2.14. The molecule has 0 aromatic carbocycles. The van der Waals surface area contributed by atoms with Crippen LogP contribution in [0, 0.1) is 13.8 Å². The number of nitrogens with zero attached hydrogens (tertiary/aromatic N) is 4. The monoisotopic (exact) mass is 237 g/mol. The van der Waals surface area contributed by atoms with Crippen molar-refractivity contribution in [2.75, 3.05) is 12.0 Å². The van der Waals surface area contributed by atoms with Gasteiger partial charge in [0.15, 0.2) is 16.8 Å². The smallest absolute Gasteiger partial charge is 0.224 e. The number of thioether (sulfide) groups is 1. The number of rotatable bonds is 2. The van der Waals surface area contributed by atoms with Gasteiger partial charge in [-0.05, 0) is 13.2 Å². The molecule has 0 saturated carbocycles. The van der Waals surface area contributed by atoms with Crippen LogP contribution in [-0.2, 0) is 0 Å². The molecular formula is C9H11N5OS. The standard InChI is InChI=1S/C9H11N5OS/c1-4-6(15-5(2)11-4)7-12-8(10)14-9(13-7)16-3/h1-3H3,(H2,10,12,13,14). The Labute approximate surface area is 96.7 Å². The van der Waals surface area contributed by atoms with Crippen LogP contribution in [0.25, 0.3) is 11.6 Å². The van der Waals surface area contributed by atoms with Gasteiger partial charge >= 0.3 is 0 Å². The maximum Gasteiger partial charge on any atom is 0.224 e. The Morgan fingerprint density at radius 1 is 1.12 bits per heavy atom. The highest BCUT2D eigenvalue weighted by molar-refractivity contribution is 7.98. The van der Waals surface area contributed by atoms with Crippen molar-refractivity contribution in [1.82, 2.24) is 19.9 Å². The van der Waals surface area contributed by atoms with Crippen molar-refractivity contribution >= 4 is 17.7 Å². The van der Waals surface area contributed by atoms with Gasteiger partial charge in [0.25, 0.3) is 0 Å². The third-order valence-electron chi connectivity index (χ3n) is 1.92. The number of aryl methyl sites for hydroxylation is 2. The molecule has 16 heavy (non-hydrogen) atoms. The van der Waals surface area contributed by atoms with Crippen molar-refractivity contribution < 1.29 is 4.42 Å². The molecule has 2 heterocycles. The number of hydrogen-bond donors (Lipinski definition) is 1. The Morgan fingerprint density at radius 3 is 2.44 bits per heavy atom. The molecule has 0 fully saturated rings. The molecular weight excluding hydrogens is 226 g/mol. The summed E-state index contributed by atoms with van der Waals surface area (Å²) in [5, 5.41) is 0.566. The van der Waals surface area contributed by atoms with Gasteiger partial charge < -0.3 is 10.2 Å². The number of nitrogens with two attached hydrogens (primary N) is 1. The van der Waals surface area contributed by atoms with Crippen molar-refractivity contribution in [3.8, 4) is 11.6 Å². The lowest BCUT2D eigenvalue weighted by Crippen LogP contribution is -2.01. The molecule has 0 amide bonds. The lowest BCUT2D eigenvalue weighted by atomic mass is 10.3. The molecule has 0 spiro atoms. The van der Waals surface area contributed by atoms with Crippen molar-refractivity contribution in [2.24, 2.45) is 0 Å². The van der Waals surface area contributed by atoms with E-state index in [0.29, 0.717) is 22.6 Å². The predicted molar refractivity (Wildman–Crippen MR) is 61.0 cm³/mol. The van der Waals surface area contributed by atoms with Crippen LogP contribution in [0.2, 0.25) is 0 Å². The summed E-state index contributed by atoms with van der Waals surface area (Å²) < 4.78 is 5.43. The van der Waals surface area contributed by atoms with Crippen LogP contribution >= 0.6 is 11.8 Å². The maximum absolute atomic E-state index is 5.59. The molecule has 0 unspecified atom stereocenters. The van der Waals surface area contributed by atoms with E-state index in [1.54, 1.807) is 6.92 Å². The average molecular weight is 237 g/mol. The van der Waals surface area contributed by atoms with E-state index in [4.69, 9.17) is 10.2 Å². The van der Waals surface area contributed by atoms with Crippen LogP contribution in [0.4, 0.5) is 5.95 Å². The minimum atomic E-state index is 0.183. The molecule has 0 aliphatic carbocycles. The summed E-state index contributed by atoms with van der Waals surface area (Å²) in [6, 6.07) is 0. The van der Waals surface area contributed by atoms with Crippen LogP contribution < -0.4 is 5.73 Å². The first-order valence-corrected chi connectivity index (χ1v) is 5.82. The van der Waals surface area contributed by atoms with Gasteiger partial charge in [0, 0.05) is 6.92 Å². The zero-order valence-electron chi connectivity index (χ0n) is 9.18. The first-order valence-electron chi connectivity index (χ1n) is 4.60. The molecule has 2 N–H and O–H groups in total. The van der Waals surface area contributed by atoms with E-state index in [9.17, 15) is 0 Å². The number of hydrogen-bond acceptors (Lipinski definition) is 7. The molecule has 7 heteroatoms. The highest BCUT2D eigenvalue weighted by atomic mass is 32.2. The van der Waals surface area contributed by atoms with E-state index in [1.165, 1.54) is 11.8 Å². The van der Waals surface area contributed by atoms with Gasteiger partial charge in [-0.2, -0.15) is 15.0 Å². The fourth-order valence-electron chi connectivity index (χ4n) is 1.30. The van der Waals surface area contributed by atoms with Crippen molar-refractivity contribution in [3.05, 3.63) is 11.6 Å². The van der Waals surface area contributed by atoms with E-state index in [2.05, 4.69) is 19.9 Å². The largest absolute Gasteiger partial charge is 0.437 e. The minimum absolute atomic E-state index is 0.183. The van der Waals surface area contributed by atoms with Crippen molar-refractivity contribution in [3.63, 3.8) is 0 Å². The van der Waals surface area contributed by atoms with Gasteiger partial charge in [0.2, 0.25) is 11.8 Å². The summed E-state index contributed by atoms with van der Waals surface area (Å²) in [5.41, 5.74) is 6.34. The first kappa shape index (κ1) is 10.9. The van der Waals surface area contributed by atoms with Crippen LogP contribution in [0.1, 0.15) is 11.6 Å². The second kappa shape index (κ2) is 4.09. The van der Waals surface area contributed by atoms with Gasteiger partial charge in [0.05, 0.1) is 5.69 Å². The van der Waals surface area contributed by atoms with E-state index in [-0.39, 0.29) is 5.95 Å². The topological polar surface area (TPSA) is 90.7 Å². The van der Waals surface area contributed by atoms with Gasteiger partial charge in [-0.25, -0.2) is 4.98 Å². The summed E-state index contributed by atoms with van der Waals surface area (Å²) in [7, 11) is 0. The molecule has 2 rings (SSSR count). The Morgan fingerprint density at radius 2 is 1.88 bits per heavy atom. The molecule has 0 atom stereocenters. The molecule has 84 valence electrons. The summed E-state index contributed by atoms with van der Waals surface area (Å²) in [4.78, 5) is 16.4. The second-order valence-corrected chi connectivity index (χ2v) is 3.92. The van der Waals surface area contributed by atoms with Gasteiger partial charge in [0.1, 0.15) is 0 Å². The van der Waals surface area contributed by atoms with Gasteiger partial charge in [-0.3, -0.25) is 0 Å². The van der Waals surface area contributed by atoms with E-state index in [0.717, 1.165) is 5.69 Å². The summed E-state index contributed by atoms with van der Waals surface area (Å²) in [6.45, 7) is 3.61. The Bertz CT molecular complexity index is 525. The van der Waals surface area contributed by atoms with E-state index in [1.807, 2.05) is 13.2 Å². The molecule has 6 nitrogen and oxygen atoms in total. The number of anilines is 1. The Hall–Kier alpha value is -1.63. The lowest BCUT2D eigenvalue weighted by molar-refractivity contribution is 0.529. The number of oxazole rings is 1. The highest BCUT2D eigenvalue weighted by Crippen LogP contribution is 2.22. The van der Waals surface area contributed by atoms with E-state index < -0.39 is 0 Å². The molecule has 0 saturated heterocycles. The molecule has 0 aliphatic rings. The minimum Gasteiger partial charge on any atom is -0.437 e. The maximum atomic E-state index is 5.59. The second-order valence-electron chi connectivity index (χ2n) is 3.15.